The number of rotatable bonds is 4. The first kappa shape index (κ1) is 14.5. The van der Waals surface area contributed by atoms with Gasteiger partial charge < -0.3 is 4.57 Å². The lowest BCUT2D eigenvalue weighted by atomic mass is 10.1. The van der Waals surface area contributed by atoms with Gasteiger partial charge in [0.2, 0.25) is 0 Å². The molecule has 0 unspecified atom stereocenters. The Labute approximate surface area is 125 Å². The van der Waals surface area contributed by atoms with Gasteiger partial charge in [0, 0.05) is 11.0 Å². The molecule has 1 heterocycles. The second kappa shape index (κ2) is 6.06. The van der Waals surface area contributed by atoms with Crippen molar-refractivity contribution >= 4 is 38.4 Å². The van der Waals surface area contributed by atoms with Crippen LogP contribution in [0.4, 0.5) is 0 Å². The molecule has 0 bridgehead atoms. The summed E-state index contributed by atoms with van der Waals surface area (Å²) < 4.78 is 2.93. The lowest BCUT2D eigenvalue weighted by Gasteiger charge is -2.15. The highest BCUT2D eigenvalue weighted by Gasteiger charge is 2.10. The number of aromatic nitrogens is 2. The molecule has 0 saturated heterocycles. The summed E-state index contributed by atoms with van der Waals surface area (Å²) in [6.07, 6.45) is 1.03. The average molecular weight is 344 g/mol. The Hall–Kier alpha value is -0.870. The molecule has 0 fully saturated rings. The van der Waals surface area contributed by atoms with E-state index in [1.807, 2.05) is 18.2 Å². The second-order valence-corrected chi connectivity index (χ2v) is 6.15. The van der Waals surface area contributed by atoms with Gasteiger partial charge in [0.1, 0.15) is 5.82 Å². The number of fused-ring (bicyclic) bond motifs is 1. The van der Waals surface area contributed by atoms with Crippen molar-refractivity contribution in [3.05, 3.63) is 38.9 Å². The molecule has 0 spiro atoms. The molecule has 1 aromatic heterocycles. The summed E-state index contributed by atoms with van der Waals surface area (Å²) in [5.74, 6) is 1.48. The maximum absolute atomic E-state index is 12.0. The van der Waals surface area contributed by atoms with Crippen molar-refractivity contribution in [2.75, 3.05) is 0 Å². The maximum Gasteiger partial charge on any atom is 0.280 e. The summed E-state index contributed by atoms with van der Waals surface area (Å²) in [6.45, 7) is 5.18. The van der Waals surface area contributed by atoms with Crippen LogP contribution in [-0.2, 0) is 12.4 Å². The number of aryl methyl sites for hydroxylation is 1. The van der Waals surface area contributed by atoms with Crippen LogP contribution in [-0.4, -0.2) is 9.55 Å². The molecule has 2 aromatic rings. The first-order chi connectivity index (χ1) is 9.02. The standard InChI is InChI=1S/C14H16BrClN2O/c1-9(2)5-6-18-12-4-3-10(15)7-11(12)14(19)17-13(18)8-16/h3-4,7,9H,5-6,8H2,1-2H3. The van der Waals surface area contributed by atoms with Gasteiger partial charge >= 0.3 is 0 Å². The van der Waals surface area contributed by atoms with Crippen molar-refractivity contribution in [2.24, 2.45) is 5.92 Å². The van der Waals surface area contributed by atoms with Crippen molar-refractivity contribution in [1.82, 2.24) is 9.55 Å². The van der Waals surface area contributed by atoms with Gasteiger partial charge in [-0.1, -0.05) is 29.8 Å². The molecule has 0 N–H and O–H groups in total. The summed E-state index contributed by atoms with van der Waals surface area (Å²) in [4.78, 5) is 16.1. The number of benzene rings is 1. The van der Waals surface area contributed by atoms with E-state index in [4.69, 9.17) is 11.6 Å². The second-order valence-electron chi connectivity index (χ2n) is 4.96. The molecule has 1 aromatic carbocycles. The van der Waals surface area contributed by atoms with Crippen LogP contribution in [0, 0.1) is 5.92 Å². The topological polar surface area (TPSA) is 34.9 Å². The highest BCUT2D eigenvalue weighted by molar-refractivity contribution is 9.10. The van der Waals surface area contributed by atoms with Crippen molar-refractivity contribution in [3.63, 3.8) is 0 Å². The van der Waals surface area contributed by atoms with Crippen LogP contribution < -0.4 is 5.56 Å². The Kier molecular flexibility index (Phi) is 4.63. The number of nitrogens with zero attached hydrogens (tertiary/aromatic N) is 2. The molecule has 19 heavy (non-hydrogen) atoms. The fraction of sp³-hybridized carbons (Fsp3) is 0.429. The molecule has 3 nitrogen and oxygen atoms in total. The Morgan fingerprint density at radius 3 is 2.79 bits per heavy atom. The van der Waals surface area contributed by atoms with E-state index in [0.29, 0.717) is 17.1 Å². The van der Waals surface area contributed by atoms with Crippen LogP contribution in [0.15, 0.2) is 27.5 Å². The number of hydrogen-bond acceptors (Lipinski definition) is 2. The molecule has 5 heteroatoms. The first-order valence-corrected chi connectivity index (χ1v) is 7.60. The van der Waals surface area contributed by atoms with Crippen molar-refractivity contribution < 1.29 is 0 Å². The van der Waals surface area contributed by atoms with Crippen molar-refractivity contribution in [1.29, 1.82) is 0 Å². The zero-order chi connectivity index (χ0) is 14.0. The van der Waals surface area contributed by atoms with E-state index in [1.54, 1.807) is 0 Å². The van der Waals surface area contributed by atoms with Crippen LogP contribution >= 0.6 is 27.5 Å². The quantitative estimate of drug-likeness (QED) is 0.788. The van der Waals surface area contributed by atoms with Gasteiger partial charge in [-0.2, -0.15) is 4.98 Å². The van der Waals surface area contributed by atoms with Gasteiger partial charge in [0.25, 0.3) is 5.56 Å². The molecule has 0 radical (unpaired) electrons. The molecular weight excluding hydrogens is 328 g/mol. The van der Waals surface area contributed by atoms with Crippen molar-refractivity contribution in [3.8, 4) is 0 Å². The first-order valence-electron chi connectivity index (χ1n) is 6.28. The molecular formula is C14H16BrClN2O. The third-order valence-electron chi connectivity index (χ3n) is 3.07. The Morgan fingerprint density at radius 1 is 1.42 bits per heavy atom. The molecule has 0 amide bonds. The van der Waals surface area contributed by atoms with Crippen molar-refractivity contribution in [2.45, 2.75) is 32.7 Å². The molecule has 102 valence electrons. The van der Waals surface area contributed by atoms with Crippen LogP contribution in [0.1, 0.15) is 26.1 Å². The molecule has 0 saturated carbocycles. The Bertz CT molecular complexity index is 652. The van der Waals surface area contributed by atoms with Gasteiger partial charge in [-0.05, 0) is 30.5 Å². The zero-order valence-corrected chi connectivity index (χ0v) is 13.3. The molecule has 2 rings (SSSR count). The number of alkyl halides is 1. The Morgan fingerprint density at radius 2 is 2.16 bits per heavy atom. The molecule has 0 atom stereocenters. The number of hydrogen-bond donors (Lipinski definition) is 0. The van der Waals surface area contributed by atoms with Gasteiger partial charge in [-0.15, -0.1) is 11.6 Å². The van der Waals surface area contributed by atoms with Crippen LogP contribution in [0.25, 0.3) is 10.9 Å². The monoisotopic (exact) mass is 342 g/mol. The van der Waals surface area contributed by atoms with Crippen LogP contribution in [0.2, 0.25) is 0 Å². The lowest BCUT2D eigenvalue weighted by Crippen LogP contribution is -2.19. The van der Waals surface area contributed by atoms with E-state index < -0.39 is 0 Å². The summed E-state index contributed by atoms with van der Waals surface area (Å²) in [6, 6.07) is 5.69. The highest BCUT2D eigenvalue weighted by Crippen LogP contribution is 2.19. The third kappa shape index (κ3) is 3.18. The zero-order valence-electron chi connectivity index (χ0n) is 11.0. The van der Waals surface area contributed by atoms with Gasteiger partial charge in [-0.3, -0.25) is 4.79 Å². The highest BCUT2D eigenvalue weighted by atomic mass is 79.9. The van der Waals surface area contributed by atoms with E-state index in [2.05, 4.69) is 39.3 Å². The van der Waals surface area contributed by atoms with E-state index >= 15 is 0 Å². The maximum atomic E-state index is 12.0. The Balaban J connectivity index is 2.64. The fourth-order valence-corrected chi connectivity index (χ4v) is 2.60. The number of halogens is 2. The van der Waals surface area contributed by atoms with Gasteiger partial charge in [0.15, 0.2) is 0 Å². The van der Waals surface area contributed by atoms with E-state index in [-0.39, 0.29) is 11.4 Å². The molecule has 0 aliphatic rings. The molecule has 0 aliphatic heterocycles. The fourth-order valence-electron chi connectivity index (χ4n) is 2.03. The minimum atomic E-state index is -0.215. The predicted octanol–water partition coefficient (Wildman–Crippen LogP) is 3.94. The minimum Gasteiger partial charge on any atom is -0.328 e. The minimum absolute atomic E-state index is 0.215. The smallest absolute Gasteiger partial charge is 0.280 e. The predicted molar refractivity (Wildman–Crippen MR) is 82.7 cm³/mol. The normalized spacial score (nSPS) is 11.4. The summed E-state index contributed by atoms with van der Waals surface area (Å²) in [5.41, 5.74) is 0.687. The van der Waals surface area contributed by atoms with Gasteiger partial charge in [-0.25, -0.2) is 0 Å². The lowest BCUT2D eigenvalue weighted by molar-refractivity contribution is 0.511. The van der Waals surface area contributed by atoms with E-state index in [1.165, 1.54) is 0 Å². The SMILES string of the molecule is CC(C)CCn1c(CCl)nc(=O)c2cc(Br)ccc21. The van der Waals surface area contributed by atoms with E-state index in [9.17, 15) is 4.79 Å². The molecule has 0 aliphatic carbocycles. The summed E-state index contributed by atoms with van der Waals surface area (Å²) in [7, 11) is 0. The van der Waals surface area contributed by atoms with Gasteiger partial charge in [0.05, 0.1) is 16.8 Å². The summed E-state index contributed by atoms with van der Waals surface area (Å²) >= 11 is 9.31. The van der Waals surface area contributed by atoms with Crippen LogP contribution in [0.5, 0.6) is 0 Å². The largest absolute Gasteiger partial charge is 0.328 e. The average Bonchev–Trinajstić information content (AvgIpc) is 2.37. The van der Waals surface area contributed by atoms with Crippen LogP contribution in [0.3, 0.4) is 0 Å². The third-order valence-corrected chi connectivity index (χ3v) is 3.80. The van der Waals surface area contributed by atoms with E-state index in [0.717, 1.165) is 23.0 Å². The summed E-state index contributed by atoms with van der Waals surface area (Å²) in [5, 5.41) is 0.631.